The smallest absolute Gasteiger partial charge is 0.0804 e. The van der Waals surface area contributed by atoms with Crippen LogP contribution < -0.4 is 5.73 Å². The first-order valence-electron chi connectivity index (χ1n) is 5.66. The molecule has 1 unspecified atom stereocenters. The Hall–Kier alpha value is -0.620. The lowest BCUT2D eigenvalue weighted by Gasteiger charge is -2.08. The van der Waals surface area contributed by atoms with Crippen LogP contribution >= 0.6 is 11.6 Å². The minimum Gasteiger partial charge on any atom is -0.398 e. The average molecular weight is 292 g/mol. The summed E-state index contributed by atoms with van der Waals surface area (Å²) in [5.74, 6) is 0.390. The maximum absolute atomic E-state index is 12.0. The van der Waals surface area contributed by atoms with Gasteiger partial charge in [0, 0.05) is 26.0 Å². The zero-order valence-electron chi connectivity index (χ0n) is 10.4. The summed E-state index contributed by atoms with van der Waals surface area (Å²) < 4.78 is 22.3. The van der Waals surface area contributed by atoms with E-state index in [1.807, 2.05) is 0 Å². The number of methoxy groups -OCH3 is 1. The van der Waals surface area contributed by atoms with Crippen LogP contribution in [0.3, 0.4) is 0 Å². The predicted molar refractivity (Wildman–Crippen MR) is 74.5 cm³/mol. The van der Waals surface area contributed by atoms with E-state index in [2.05, 4.69) is 0 Å². The number of halogens is 1. The van der Waals surface area contributed by atoms with Gasteiger partial charge in [-0.25, -0.2) is 0 Å². The van der Waals surface area contributed by atoms with Crippen LogP contribution in [0, 0.1) is 0 Å². The summed E-state index contributed by atoms with van der Waals surface area (Å²) in [4.78, 5) is 0.500. The van der Waals surface area contributed by atoms with Crippen molar-refractivity contribution in [2.45, 2.75) is 11.3 Å². The first kappa shape index (κ1) is 15.4. The third kappa shape index (κ3) is 4.94. The molecule has 0 radical (unpaired) electrons. The van der Waals surface area contributed by atoms with Gasteiger partial charge in [0.25, 0.3) is 0 Å². The Balaban J connectivity index is 2.37. The molecule has 0 saturated heterocycles. The summed E-state index contributed by atoms with van der Waals surface area (Å²) in [7, 11) is 0.421. The van der Waals surface area contributed by atoms with Gasteiger partial charge in [-0.05, 0) is 18.6 Å². The van der Waals surface area contributed by atoms with Gasteiger partial charge in [0.15, 0.2) is 0 Å². The highest BCUT2D eigenvalue weighted by molar-refractivity contribution is 7.85. The van der Waals surface area contributed by atoms with Crippen LogP contribution in [0.1, 0.15) is 6.42 Å². The Labute approximate surface area is 115 Å². The van der Waals surface area contributed by atoms with E-state index in [9.17, 15) is 4.21 Å². The molecule has 0 bridgehead atoms. The molecule has 0 aliphatic heterocycles. The predicted octanol–water partition coefficient (Wildman–Crippen LogP) is 2.08. The molecule has 1 rings (SSSR count). The molecule has 0 saturated carbocycles. The molecular formula is C12H18ClNO3S. The summed E-state index contributed by atoms with van der Waals surface area (Å²) in [5, 5.41) is 0.438. The van der Waals surface area contributed by atoms with Crippen molar-refractivity contribution in [3.8, 4) is 0 Å². The molecule has 0 fully saturated rings. The summed E-state index contributed by atoms with van der Waals surface area (Å²) >= 11 is 5.98. The maximum atomic E-state index is 12.0. The number of anilines is 1. The van der Waals surface area contributed by atoms with E-state index < -0.39 is 10.8 Å². The van der Waals surface area contributed by atoms with Crippen LogP contribution in [0.15, 0.2) is 23.1 Å². The first-order chi connectivity index (χ1) is 8.66. The second-order valence-electron chi connectivity index (χ2n) is 3.67. The Bertz CT molecular complexity index is 381. The van der Waals surface area contributed by atoms with Crippen LogP contribution in [0.4, 0.5) is 5.69 Å². The standard InChI is InChI=1S/C12H18ClNO3S/c1-16-6-3-7-17-8-9-18(15)12-10(13)4-2-5-11(12)14/h2,4-5H,3,6-9,14H2,1H3. The molecule has 0 aliphatic carbocycles. The van der Waals surface area contributed by atoms with Crippen molar-refractivity contribution >= 4 is 28.1 Å². The van der Waals surface area contributed by atoms with Crippen molar-refractivity contribution in [2.24, 2.45) is 0 Å². The van der Waals surface area contributed by atoms with E-state index in [0.717, 1.165) is 6.42 Å². The summed E-state index contributed by atoms with van der Waals surface area (Å²) in [5.41, 5.74) is 6.22. The van der Waals surface area contributed by atoms with Crippen molar-refractivity contribution in [3.63, 3.8) is 0 Å². The van der Waals surface area contributed by atoms with Crippen LogP contribution in [-0.2, 0) is 20.3 Å². The Morgan fingerprint density at radius 3 is 2.78 bits per heavy atom. The number of hydrogen-bond acceptors (Lipinski definition) is 4. The highest BCUT2D eigenvalue weighted by atomic mass is 35.5. The molecule has 0 heterocycles. The van der Waals surface area contributed by atoms with Gasteiger partial charge in [-0.3, -0.25) is 4.21 Å². The van der Waals surface area contributed by atoms with Crippen LogP contribution in [0.5, 0.6) is 0 Å². The van der Waals surface area contributed by atoms with Crippen LogP contribution in [0.25, 0.3) is 0 Å². The monoisotopic (exact) mass is 291 g/mol. The number of hydrogen-bond donors (Lipinski definition) is 1. The van der Waals surface area contributed by atoms with Gasteiger partial charge in [0.2, 0.25) is 0 Å². The SMILES string of the molecule is COCCCOCCS(=O)c1c(N)cccc1Cl. The van der Waals surface area contributed by atoms with Crippen LogP contribution in [-0.4, -0.2) is 36.9 Å². The number of benzene rings is 1. The molecule has 1 atom stereocenters. The van der Waals surface area contributed by atoms with E-state index >= 15 is 0 Å². The Morgan fingerprint density at radius 2 is 2.11 bits per heavy atom. The van der Waals surface area contributed by atoms with E-state index in [1.54, 1.807) is 25.3 Å². The van der Waals surface area contributed by atoms with E-state index in [1.165, 1.54) is 0 Å². The third-order valence-corrected chi connectivity index (χ3v) is 4.15. The second kappa shape index (κ2) is 8.48. The van der Waals surface area contributed by atoms with Crippen molar-refractivity contribution in [1.82, 2.24) is 0 Å². The van der Waals surface area contributed by atoms with Gasteiger partial charge in [0.1, 0.15) is 0 Å². The summed E-state index contributed by atoms with van der Waals surface area (Å²) in [6.45, 7) is 1.69. The van der Waals surface area contributed by atoms with E-state index in [-0.39, 0.29) is 0 Å². The molecule has 1 aromatic rings. The summed E-state index contributed by atoms with van der Waals surface area (Å²) in [6.07, 6.45) is 0.831. The Morgan fingerprint density at radius 1 is 1.33 bits per heavy atom. The van der Waals surface area contributed by atoms with Gasteiger partial charge < -0.3 is 15.2 Å². The molecule has 0 amide bonds. The summed E-state index contributed by atoms with van der Waals surface area (Å²) in [6, 6.07) is 5.11. The topological polar surface area (TPSA) is 61.5 Å². The highest BCUT2D eigenvalue weighted by Crippen LogP contribution is 2.25. The lowest BCUT2D eigenvalue weighted by Crippen LogP contribution is -2.10. The zero-order valence-corrected chi connectivity index (χ0v) is 11.9. The minimum atomic E-state index is -1.23. The lowest BCUT2D eigenvalue weighted by molar-refractivity contribution is 0.112. The van der Waals surface area contributed by atoms with Crippen molar-refractivity contribution in [1.29, 1.82) is 0 Å². The minimum absolute atomic E-state index is 0.390. The Kier molecular flexibility index (Phi) is 7.27. The molecule has 6 heteroatoms. The van der Waals surface area contributed by atoms with E-state index in [4.69, 9.17) is 26.8 Å². The fourth-order valence-corrected chi connectivity index (χ4v) is 2.94. The van der Waals surface area contributed by atoms with Gasteiger partial charge >= 0.3 is 0 Å². The zero-order chi connectivity index (χ0) is 13.4. The quantitative estimate of drug-likeness (QED) is 0.588. The van der Waals surface area contributed by atoms with Crippen molar-refractivity contribution < 1.29 is 13.7 Å². The number of nitrogens with two attached hydrogens (primary N) is 1. The number of ether oxygens (including phenoxy) is 2. The molecule has 1 aromatic carbocycles. The van der Waals surface area contributed by atoms with Crippen molar-refractivity contribution in [2.75, 3.05) is 38.4 Å². The van der Waals surface area contributed by atoms with Gasteiger partial charge in [-0.15, -0.1) is 0 Å². The third-order valence-electron chi connectivity index (χ3n) is 2.28. The largest absolute Gasteiger partial charge is 0.398 e. The molecule has 4 nitrogen and oxygen atoms in total. The molecule has 0 aliphatic rings. The van der Waals surface area contributed by atoms with Gasteiger partial charge in [0.05, 0.1) is 33.1 Å². The highest BCUT2D eigenvalue weighted by Gasteiger charge is 2.11. The normalized spacial score (nSPS) is 12.6. The molecule has 0 spiro atoms. The number of nitrogen functional groups attached to an aromatic ring is 1. The lowest BCUT2D eigenvalue weighted by atomic mass is 10.3. The fourth-order valence-electron chi connectivity index (χ4n) is 1.41. The molecular weight excluding hydrogens is 274 g/mol. The van der Waals surface area contributed by atoms with Gasteiger partial charge in [-0.1, -0.05) is 17.7 Å². The molecule has 102 valence electrons. The molecule has 0 aromatic heterocycles. The van der Waals surface area contributed by atoms with Crippen molar-refractivity contribution in [3.05, 3.63) is 23.2 Å². The van der Waals surface area contributed by atoms with E-state index in [0.29, 0.717) is 41.2 Å². The molecule has 2 N–H and O–H groups in total. The van der Waals surface area contributed by atoms with Crippen LogP contribution in [0.2, 0.25) is 5.02 Å². The molecule has 18 heavy (non-hydrogen) atoms. The second-order valence-corrected chi connectivity index (χ2v) is 5.58. The maximum Gasteiger partial charge on any atom is 0.0804 e. The fraction of sp³-hybridized carbons (Fsp3) is 0.500. The van der Waals surface area contributed by atoms with Gasteiger partial charge in [-0.2, -0.15) is 0 Å². The first-order valence-corrected chi connectivity index (χ1v) is 7.35. The average Bonchev–Trinajstić information content (AvgIpc) is 2.33. The number of rotatable bonds is 8.